The van der Waals surface area contributed by atoms with E-state index in [2.05, 4.69) is 15.3 Å². The highest BCUT2D eigenvalue weighted by atomic mass is 32.2. The molecule has 0 saturated heterocycles. The van der Waals surface area contributed by atoms with Crippen LogP contribution in [0.25, 0.3) is 10.2 Å². The number of thioether (sulfide) groups is 1. The highest BCUT2D eigenvalue weighted by molar-refractivity contribution is 7.99. The Morgan fingerprint density at radius 2 is 2.12 bits per heavy atom. The Labute approximate surface area is 152 Å². The first-order valence-corrected chi connectivity index (χ1v) is 9.37. The molecule has 8 heteroatoms. The van der Waals surface area contributed by atoms with Crippen LogP contribution in [0, 0.1) is 20.8 Å². The number of benzene rings is 1. The lowest BCUT2D eigenvalue weighted by Gasteiger charge is -2.08. The average molecular weight is 375 g/mol. The molecule has 130 valence electrons. The van der Waals surface area contributed by atoms with E-state index >= 15 is 0 Å². The Kier molecular flexibility index (Phi) is 4.82. The summed E-state index contributed by atoms with van der Waals surface area (Å²) in [7, 11) is 0. The summed E-state index contributed by atoms with van der Waals surface area (Å²) < 4.78 is 0. The summed E-state index contributed by atoms with van der Waals surface area (Å²) in [6.07, 6.45) is 0. The zero-order chi connectivity index (χ0) is 18.1. The SMILES string of the molecule is Cc1ccc(O)c(NC(=O)CSc2nc3sc(C)c(C)c3c(=O)[nH]2)c1. The van der Waals surface area contributed by atoms with E-state index in [0.29, 0.717) is 21.1 Å². The van der Waals surface area contributed by atoms with Gasteiger partial charge in [0.15, 0.2) is 5.16 Å². The van der Waals surface area contributed by atoms with Crippen LogP contribution in [-0.4, -0.2) is 26.7 Å². The molecule has 3 rings (SSSR count). The Morgan fingerprint density at radius 1 is 1.36 bits per heavy atom. The first kappa shape index (κ1) is 17.5. The molecule has 2 aromatic heterocycles. The average Bonchev–Trinajstić information content (AvgIpc) is 2.84. The maximum Gasteiger partial charge on any atom is 0.260 e. The predicted molar refractivity (Wildman–Crippen MR) is 102 cm³/mol. The number of aromatic nitrogens is 2. The number of aromatic amines is 1. The molecule has 3 aromatic rings. The third-order valence-corrected chi connectivity index (χ3v) is 5.76. The third-order valence-electron chi connectivity index (χ3n) is 3.78. The molecule has 0 radical (unpaired) electrons. The number of aryl methyl sites for hydroxylation is 3. The Morgan fingerprint density at radius 3 is 2.88 bits per heavy atom. The molecule has 0 aliphatic rings. The summed E-state index contributed by atoms with van der Waals surface area (Å²) in [5, 5.41) is 13.4. The van der Waals surface area contributed by atoms with Crippen molar-refractivity contribution in [3.63, 3.8) is 0 Å². The topological polar surface area (TPSA) is 95.1 Å². The van der Waals surface area contributed by atoms with Crippen molar-refractivity contribution in [2.24, 2.45) is 0 Å². The number of carbonyl (C=O) groups is 1. The number of anilines is 1. The number of hydrogen-bond donors (Lipinski definition) is 3. The summed E-state index contributed by atoms with van der Waals surface area (Å²) in [5.41, 5.74) is 2.05. The molecule has 2 heterocycles. The summed E-state index contributed by atoms with van der Waals surface area (Å²) in [5.74, 6) is -0.195. The monoisotopic (exact) mass is 375 g/mol. The fraction of sp³-hybridized carbons (Fsp3) is 0.235. The number of hydrogen-bond acceptors (Lipinski definition) is 6. The van der Waals surface area contributed by atoms with Gasteiger partial charge in [0, 0.05) is 4.88 Å². The molecule has 0 fully saturated rings. The molecule has 1 aromatic carbocycles. The van der Waals surface area contributed by atoms with Gasteiger partial charge < -0.3 is 15.4 Å². The molecule has 0 aliphatic carbocycles. The van der Waals surface area contributed by atoms with Crippen molar-refractivity contribution >= 4 is 44.9 Å². The van der Waals surface area contributed by atoms with E-state index in [4.69, 9.17) is 0 Å². The van der Waals surface area contributed by atoms with Gasteiger partial charge in [-0.15, -0.1) is 11.3 Å². The smallest absolute Gasteiger partial charge is 0.260 e. The van der Waals surface area contributed by atoms with Crippen molar-refractivity contribution in [1.29, 1.82) is 0 Å². The van der Waals surface area contributed by atoms with Crippen LogP contribution in [0.4, 0.5) is 5.69 Å². The molecular weight excluding hydrogens is 358 g/mol. The number of nitrogens with one attached hydrogen (secondary N) is 2. The Bertz CT molecular complexity index is 1020. The highest BCUT2D eigenvalue weighted by Gasteiger charge is 2.13. The number of fused-ring (bicyclic) bond motifs is 1. The van der Waals surface area contributed by atoms with Crippen LogP contribution >= 0.6 is 23.1 Å². The predicted octanol–water partition coefficient (Wildman–Crippen LogP) is 3.35. The first-order valence-electron chi connectivity index (χ1n) is 7.57. The standard InChI is InChI=1S/C17H17N3O3S2/c1-8-4-5-12(21)11(6-8)18-13(22)7-24-17-19-15(23)14-9(2)10(3)25-16(14)20-17/h4-6,21H,7H2,1-3H3,(H,18,22)(H,19,20,23). The van der Waals surface area contributed by atoms with Gasteiger partial charge >= 0.3 is 0 Å². The van der Waals surface area contributed by atoms with Crippen LogP contribution in [0.1, 0.15) is 16.0 Å². The van der Waals surface area contributed by atoms with Gasteiger partial charge in [0.25, 0.3) is 5.56 Å². The van der Waals surface area contributed by atoms with Crippen LogP contribution in [0.15, 0.2) is 28.2 Å². The van der Waals surface area contributed by atoms with Gasteiger partial charge in [-0.3, -0.25) is 9.59 Å². The van der Waals surface area contributed by atoms with Crippen LogP contribution in [0.3, 0.4) is 0 Å². The maximum absolute atomic E-state index is 12.2. The second-order valence-corrected chi connectivity index (χ2v) is 7.86. The number of carbonyl (C=O) groups excluding carboxylic acids is 1. The second kappa shape index (κ2) is 6.89. The fourth-order valence-electron chi connectivity index (χ4n) is 2.37. The van der Waals surface area contributed by atoms with Crippen LogP contribution in [0.5, 0.6) is 5.75 Å². The fourth-order valence-corrected chi connectivity index (χ4v) is 4.12. The minimum absolute atomic E-state index is 0.0152. The summed E-state index contributed by atoms with van der Waals surface area (Å²) in [4.78, 5) is 33.2. The summed E-state index contributed by atoms with van der Waals surface area (Å²) >= 11 is 2.62. The quantitative estimate of drug-likeness (QED) is 0.369. The third kappa shape index (κ3) is 3.69. The van der Waals surface area contributed by atoms with Crippen molar-refractivity contribution in [2.45, 2.75) is 25.9 Å². The van der Waals surface area contributed by atoms with Gasteiger partial charge in [-0.25, -0.2) is 4.98 Å². The molecule has 3 N–H and O–H groups in total. The van der Waals surface area contributed by atoms with Crippen molar-refractivity contribution < 1.29 is 9.90 Å². The zero-order valence-electron chi connectivity index (χ0n) is 14.0. The van der Waals surface area contributed by atoms with E-state index in [1.54, 1.807) is 12.1 Å². The van der Waals surface area contributed by atoms with E-state index in [1.165, 1.54) is 17.4 Å². The minimum Gasteiger partial charge on any atom is -0.506 e. The molecule has 6 nitrogen and oxygen atoms in total. The molecule has 0 saturated carbocycles. The summed E-state index contributed by atoms with van der Waals surface area (Å²) in [6, 6.07) is 4.99. The van der Waals surface area contributed by atoms with Crippen molar-refractivity contribution in [2.75, 3.05) is 11.1 Å². The number of thiophene rings is 1. The number of phenolic OH excluding ortho intramolecular Hbond substituents is 1. The van der Waals surface area contributed by atoms with Gasteiger partial charge in [0.1, 0.15) is 10.6 Å². The van der Waals surface area contributed by atoms with E-state index in [1.807, 2.05) is 20.8 Å². The van der Waals surface area contributed by atoms with Crippen molar-refractivity contribution in [1.82, 2.24) is 9.97 Å². The van der Waals surface area contributed by atoms with Gasteiger partial charge in [-0.1, -0.05) is 17.8 Å². The van der Waals surface area contributed by atoms with Crippen molar-refractivity contribution in [3.8, 4) is 5.75 Å². The van der Waals surface area contributed by atoms with E-state index in [0.717, 1.165) is 27.8 Å². The van der Waals surface area contributed by atoms with E-state index < -0.39 is 0 Å². The molecule has 25 heavy (non-hydrogen) atoms. The number of H-pyrrole nitrogens is 1. The Balaban J connectivity index is 1.73. The van der Waals surface area contributed by atoms with Gasteiger partial charge in [-0.2, -0.15) is 0 Å². The number of phenols is 1. The molecule has 0 aliphatic heterocycles. The molecule has 1 amide bonds. The maximum atomic E-state index is 12.2. The number of amides is 1. The minimum atomic E-state index is -0.285. The van der Waals surface area contributed by atoms with Crippen molar-refractivity contribution in [3.05, 3.63) is 44.6 Å². The number of rotatable bonds is 4. The molecule has 0 bridgehead atoms. The highest BCUT2D eigenvalue weighted by Crippen LogP contribution is 2.27. The number of nitrogens with zero attached hydrogens (tertiary/aromatic N) is 1. The lowest BCUT2D eigenvalue weighted by atomic mass is 10.2. The van der Waals surface area contributed by atoms with E-state index in [9.17, 15) is 14.7 Å². The van der Waals surface area contributed by atoms with Gasteiger partial charge in [-0.05, 0) is 44.0 Å². The van der Waals surface area contributed by atoms with Crippen LogP contribution in [-0.2, 0) is 4.79 Å². The normalized spacial score (nSPS) is 11.0. The molecule has 0 atom stereocenters. The lowest BCUT2D eigenvalue weighted by molar-refractivity contribution is -0.113. The largest absolute Gasteiger partial charge is 0.506 e. The summed E-state index contributed by atoms with van der Waals surface area (Å²) in [6.45, 7) is 5.73. The zero-order valence-corrected chi connectivity index (χ0v) is 15.6. The Hall–Kier alpha value is -2.32. The lowest BCUT2D eigenvalue weighted by Crippen LogP contribution is -2.15. The molecule has 0 unspecified atom stereocenters. The van der Waals surface area contributed by atoms with Crippen LogP contribution < -0.4 is 10.9 Å². The second-order valence-electron chi connectivity index (χ2n) is 5.69. The van der Waals surface area contributed by atoms with E-state index in [-0.39, 0.29) is 23.0 Å². The number of aromatic hydroxyl groups is 1. The first-order chi connectivity index (χ1) is 11.8. The van der Waals surface area contributed by atoms with Crippen LogP contribution in [0.2, 0.25) is 0 Å². The van der Waals surface area contributed by atoms with Gasteiger partial charge in [0.2, 0.25) is 5.91 Å². The molecule has 0 spiro atoms. The van der Waals surface area contributed by atoms with Gasteiger partial charge in [0.05, 0.1) is 16.8 Å². The molecular formula is C17H17N3O3S2.